The maximum atomic E-state index is 12.3. The molecule has 3 rings (SSSR count). The monoisotopic (exact) mass is 325 g/mol. The van der Waals surface area contributed by atoms with Crippen molar-refractivity contribution in [1.29, 1.82) is 0 Å². The van der Waals surface area contributed by atoms with Gasteiger partial charge in [0.2, 0.25) is 0 Å². The number of methoxy groups -OCH3 is 2. The minimum atomic E-state index is -0.187. The molecule has 6 heteroatoms. The summed E-state index contributed by atoms with van der Waals surface area (Å²) in [5, 5.41) is 10.7. The van der Waals surface area contributed by atoms with E-state index in [2.05, 4.69) is 15.5 Å². The van der Waals surface area contributed by atoms with Crippen LogP contribution in [0.25, 0.3) is 10.9 Å². The molecule has 2 N–H and O–H groups in total. The molecule has 0 unspecified atom stereocenters. The van der Waals surface area contributed by atoms with Gasteiger partial charge < -0.3 is 14.8 Å². The Kier molecular flexibility index (Phi) is 4.65. The number of benzene rings is 2. The second-order valence-corrected chi connectivity index (χ2v) is 5.31. The number of hydrogen-bond acceptors (Lipinski definition) is 4. The van der Waals surface area contributed by atoms with E-state index in [0.717, 1.165) is 16.5 Å². The van der Waals surface area contributed by atoms with Crippen LogP contribution < -0.4 is 14.8 Å². The van der Waals surface area contributed by atoms with E-state index in [0.29, 0.717) is 30.2 Å². The molecular formula is C18H19N3O3. The lowest BCUT2D eigenvalue weighted by molar-refractivity contribution is 0.0950. The highest BCUT2D eigenvalue weighted by Crippen LogP contribution is 2.27. The third kappa shape index (κ3) is 3.17. The first kappa shape index (κ1) is 15.9. The fraction of sp³-hybridized carbons (Fsp3) is 0.222. The highest BCUT2D eigenvalue weighted by Gasteiger charge is 2.13. The maximum Gasteiger partial charge on any atom is 0.272 e. The number of carbonyl (C=O) groups is 1. The van der Waals surface area contributed by atoms with Gasteiger partial charge in [0, 0.05) is 11.9 Å². The topological polar surface area (TPSA) is 76.2 Å². The molecule has 6 nitrogen and oxygen atoms in total. The minimum absolute atomic E-state index is 0.187. The zero-order valence-corrected chi connectivity index (χ0v) is 13.6. The van der Waals surface area contributed by atoms with Crippen molar-refractivity contribution in [2.75, 3.05) is 20.8 Å². The van der Waals surface area contributed by atoms with Gasteiger partial charge in [-0.15, -0.1) is 0 Å². The Hall–Kier alpha value is -3.02. The second-order valence-electron chi connectivity index (χ2n) is 5.31. The molecule has 124 valence electrons. The molecular weight excluding hydrogens is 306 g/mol. The molecule has 0 atom stereocenters. The van der Waals surface area contributed by atoms with Gasteiger partial charge in [-0.1, -0.05) is 24.3 Å². The maximum absolute atomic E-state index is 12.3. The van der Waals surface area contributed by atoms with Gasteiger partial charge >= 0.3 is 0 Å². The molecule has 0 aliphatic rings. The number of H-pyrrole nitrogens is 1. The number of nitrogens with zero attached hydrogens (tertiary/aromatic N) is 1. The summed E-state index contributed by atoms with van der Waals surface area (Å²) in [6.45, 7) is 0.509. The molecule has 2 aromatic carbocycles. The molecule has 0 aliphatic heterocycles. The van der Waals surface area contributed by atoms with Crippen LogP contribution in [-0.4, -0.2) is 36.9 Å². The summed E-state index contributed by atoms with van der Waals surface area (Å²) in [5.74, 6) is 1.18. The third-order valence-electron chi connectivity index (χ3n) is 3.83. The summed E-state index contributed by atoms with van der Waals surface area (Å²) in [5.41, 5.74) is 2.32. The molecule has 1 amide bonds. The normalized spacial score (nSPS) is 10.6. The highest BCUT2D eigenvalue weighted by atomic mass is 16.5. The Balaban J connectivity index is 1.63. The van der Waals surface area contributed by atoms with Crippen LogP contribution in [0, 0.1) is 0 Å². The van der Waals surface area contributed by atoms with E-state index in [4.69, 9.17) is 9.47 Å². The average molecular weight is 325 g/mol. The molecule has 0 bridgehead atoms. The Morgan fingerprint density at radius 1 is 1.12 bits per heavy atom. The standard InChI is InChI=1S/C18H19N3O3/c1-23-15-8-7-12(11-16(15)24-2)9-10-19-18(22)17-13-5-3-4-6-14(13)20-21-17/h3-8,11H,9-10H2,1-2H3,(H,19,22)(H,20,21). The number of carbonyl (C=O) groups excluding carboxylic acids is 1. The summed E-state index contributed by atoms with van der Waals surface area (Å²) >= 11 is 0. The Morgan fingerprint density at radius 2 is 1.92 bits per heavy atom. The smallest absolute Gasteiger partial charge is 0.272 e. The van der Waals surface area contributed by atoms with E-state index < -0.39 is 0 Å². The first-order valence-corrected chi connectivity index (χ1v) is 7.65. The van der Waals surface area contributed by atoms with Crippen LogP contribution in [0.2, 0.25) is 0 Å². The van der Waals surface area contributed by atoms with Crippen LogP contribution in [0.5, 0.6) is 11.5 Å². The lowest BCUT2D eigenvalue weighted by atomic mass is 10.1. The molecule has 0 aliphatic carbocycles. The van der Waals surface area contributed by atoms with Crippen molar-refractivity contribution in [3.63, 3.8) is 0 Å². The second kappa shape index (κ2) is 7.04. The largest absolute Gasteiger partial charge is 0.493 e. The molecule has 24 heavy (non-hydrogen) atoms. The number of aromatic nitrogens is 2. The number of para-hydroxylation sites is 1. The van der Waals surface area contributed by atoms with E-state index in [1.54, 1.807) is 14.2 Å². The number of ether oxygens (including phenoxy) is 2. The van der Waals surface area contributed by atoms with Crippen molar-refractivity contribution in [3.05, 3.63) is 53.7 Å². The van der Waals surface area contributed by atoms with Crippen molar-refractivity contribution >= 4 is 16.8 Å². The van der Waals surface area contributed by atoms with Crippen molar-refractivity contribution in [1.82, 2.24) is 15.5 Å². The Labute approximate surface area is 139 Å². The quantitative estimate of drug-likeness (QED) is 0.730. The first-order chi connectivity index (χ1) is 11.7. The lowest BCUT2D eigenvalue weighted by Gasteiger charge is -2.10. The van der Waals surface area contributed by atoms with E-state index >= 15 is 0 Å². The van der Waals surface area contributed by atoms with Crippen LogP contribution in [0.3, 0.4) is 0 Å². The van der Waals surface area contributed by atoms with Crippen LogP contribution in [0.15, 0.2) is 42.5 Å². The average Bonchev–Trinajstić information content (AvgIpc) is 3.05. The van der Waals surface area contributed by atoms with Gasteiger partial charge in [-0.3, -0.25) is 9.89 Å². The lowest BCUT2D eigenvalue weighted by Crippen LogP contribution is -2.26. The van der Waals surface area contributed by atoms with Crippen LogP contribution >= 0.6 is 0 Å². The zero-order valence-electron chi connectivity index (χ0n) is 13.6. The summed E-state index contributed by atoms with van der Waals surface area (Å²) in [7, 11) is 3.21. The summed E-state index contributed by atoms with van der Waals surface area (Å²) in [6.07, 6.45) is 0.689. The highest BCUT2D eigenvalue weighted by molar-refractivity contribution is 6.04. The number of aromatic amines is 1. The molecule has 0 radical (unpaired) electrons. The molecule has 1 aromatic heterocycles. The third-order valence-corrected chi connectivity index (χ3v) is 3.83. The SMILES string of the molecule is COc1ccc(CCNC(=O)c2n[nH]c3ccccc23)cc1OC. The van der Waals surface area contributed by atoms with Gasteiger partial charge in [0.05, 0.1) is 19.7 Å². The molecule has 0 saturated carbocycles. The fourth-order valence-electron chi connectivity index (χ4n) is 2.58. The van der Waals surface area contributed by atoms with Gasteiger partial charge in [-0.25, -0.2) is 0 Å². The molecule has 0 spiro atoms. The van der Waals surface area contributed by atoms with Crippen LogP contribution in [-0.2, 0) is 6.42 Å². The van der Waals surface area contributed by atoms with E-state index in [-0.39, 0.29) is 5.91 Å². The molecule has 1 heterocycles. The number of fused-ring (bicyclic) bond motifs is 1. The van der Waals surface area contributed by atoms with E-state index in [1.807, 2.05) is 42.5 Å². The van der Waals surface area contributed by atoms with Gasteiger partial charge in [0.25, 0.3) is 5.91 Å². The summed E-state index contributed by atoms with van der Waals surface area (Å²) in [4.78, 5) is 12.3. The number of hydrogen-bond donors (Lipinski definition) is 2. The predicted octanol–water partition coefficient (Wildman–Crippen LogP) is 2.55. The van der Waals surface area contributed by atoms with Crippen LogP contribution in [0.1, 0.15) is 16.1 Å². The van der Waals surface area contributed by atoms with Crippen molar-refractivity contribution in [2.45, 2.75) is 6.42 Å². The van der Waals surface area contributed by atoms with Crippen LogP contribution in [0.4, 0.5) is 0 Å². The number of amides is 1. The summed E-state index contributed by atoms with van der Waals surface area (Å²) in [6, 6.07) is 13.3. The van der Waals surface area contributed by atoms with Crippen molar-refractivity contribution in [2.24, 2.45) is 0 Å². The molecule has 0 fully saturated rings. The van der Waals surface area contributed by atoms with Crippen molar-refractivity contribution < 1.29 is 14.3 Å². The predicted molar refractivity (Wildman–Crippen MR) is 91.7 cm³/mol. The number of nitrogens with one attached hydrogen (secondary N) is 2. The van der Waals surface area contributed by atoms with Crippen molar-refractivity contribution in [3.8, 4) is 11.5 Å². The van der Waals surface area contributed by atoms with Gasteiger partial charge in [0.1, 0.15) is 0 Å². The zero-order chi connectivity index (χ0) is 16.9. The Bertz CT molecular complexity index is 858. The fourth-order valence-corrected chi connectivity index (χ4v) is 2.58. The van der Waals surface area contributed by atoms with E-state index in [1.165, 1.54) is 0 Å². The Morgan fingerprint density at radius 3 is 2.71 bits per heavy atom. The molecule has 0 saturated heterocycles. The van der Waals surface area contributed by atoms with Gasteiger partial charge in [0.15, 0.2) is 17.2 Å². The van der Waals surface area contributed by atoms with E-state index in [9.17, 15) is 4.79 Å². The first-order valence-electron chi connectivity index (χ1n) is 7.65. The minimum Gasteiger partial charge on any atom is -0.493 e. The number of rotatable bonds is 6. The van der Waals surface area contributed by atoms with Gasteiger partial charge in [-0.2, -0.15) is 5.10 Å². The summed E-state index contributed by atoms with van der Waals surface area (Å²) < 4.78 is 10.5. The molecule has 3 aromatic rings. The van der Waals surface area contributed by atoms with Gasteiger partial charge in [-0.05, 0) is 30.2 Å².